The van der Waals surface area contributed by atoms with Crippen LogP contribution in [-0.2, 0) is 0 Å². The molecular weight excluding hydrogens is 267 g/mol. The minimum absolute atomic E-state index is 0. The molecule has 2 aliphatic carbocycles. The van der Waals surface area contributed by atoms with Gasteiger partial charge in [-0.25, -0.2) is 0 Å². The number of fused-ring (bicyclic) bond motifs is 2. The van der Waals surface area contributed by atoms with Gasteiger partial charge in [-0.15, -0.1) is 24.8 Å². The normalized spacial score (nSPS) is 40.0. The van der Waals surface area contributed by atoms with E-state index in [0.29, 0.717) is 0 Å². The highest BCUT2D eigenvalue weighted by Crippen LogP contribution is 2.34. The standard InChI is InChI=1S/2C7H13N.2ClH/c2*1-2-6-4-8-5-7(6)3-1;;/h2*6-8H,1-5H2;2*1H/t2*6-,7-;;/m10../s1. The molecule has 18 heavy (non-hydrogen) atoms. The second-order valence-corrected chi connectivity index (χ2v) is 6.22. The molecule has 0 aromatic heterocycles. The summed E-state index contributed by atoms with van der Waals surface area (Å²) in [5, 5.41) is 6.85. The van der Waals surface area contributed by atoms with Gasteiger partial charge in [-0.1, -0.05) is 12.8 Å². The lowest BCUT2D eigenvalue weighted by molar-refractivity contribution is 0.494. The van der Waals surface area contributed by atoms with Gasteiger partial charge in [-0.3, -0.25) is 0 Å². The van der Waals surface area contributed by atoms with Crippen LogP contribution in [0.3, 0.4) is 0 Å². The first-order chi connectivity index (χ1) is 7.93. The van der Waals surface area contributed by atoms with Crippen LogP contribution in [0.25, 0.3) is 0 Å². The average molecular weight is 295 g/mol. The van der Waals surface area contributed by atoms with Gasteiger partial charge in [0.25, 0.3) is 0 Å². The van der Waals surface area contributed by atoms with E-state index < -0.39 is 0 Å². The number of hydrogen-bond acceptors (Lipinski definition) is 2. The molecular formula is C14H28Cl2N2. The molecule has 4 fully saturated rings. The molecule has 4 aliphatic rings. The van der Waals surface area contributed by atoms with Crippen molar-refractivity contribution >= 4 is 24.8 Å². The first kappa shape index (κ1) is 16.6. The third-order valence-corrected chi connectivity index (χ3v) is 5.26. The summed E-state index contributed by atoms with van der Waals surface area (Å²) in [5.41, 5.74) is 0. The van der Waals surface area contributed by atoms with Gasteiger partial charge in [0, 0.05) is 0 Å². The summed E-state index contributed by atoms with van der Waals surface area (Å²) in [6.45, 7) is 5.24. The van der Waals surface area contributed by atoms with Crippen molar-refractivity contribution in [3.63, 3.8) is 0 Å². The van der Waals surface area contributed by atoms with Crippen LogP contribution in [0.5, 0.6) is 0 Å². The summed E-state index contributed by atoms with van der Waals surface area (Å²) >= 11 is 0. The predicted molar refractivity (Wildman–Crippen MR) is 81.9 cm³/mol. The van der Waals surface area contributed by atoms with Gasteiger partial charge in [0.05, 0.1) is 0 Å². The summed E-state index contributed by atoms with van der Waals surface area (Å²) < 4.78 is 0. The van der Waals surface area contributed by atoms with Crippen LogP contribution in [0.15, 0.2) is 0 Å². The predicted octanol–water partition coefficient (Wildman–Crippen LogP) is 2.86. The quantitative estimate of drug-likeness (QED) is 0.718. The Bertz CT molecular complexity index is 174. The molecule has 2 aliphatic heterocycles. The second kappa shape index (κ2) is 7.94. The SMILES string of the molecule is C1C[C@@H]2CNC[C@H]2C1.C1C[C@H]2CNC[C@@H]2C1.Cl.Cl. The Morgan fingerprint density at radius 1 is 0.500 bits per heavy atom. The molecule has 4 rings (SSSR count). The van der Waals surface area contributed by atoms with Crippen LogP contribution >= 0.6 is 24.8 Å². The van der Waals surface area contributed by atoms with Crippen LogP contribution in [-0.4, -0.2) is 26.2 Å². The second-order valence-electron chi connectivity index (χ2n) is 6.22. The molecule has 0 amide bonds. The molecule has 0 radical (unpaired) electrons. The number of nitrogens with one attached hydrogen (secondary N) is 2. The molecule has 2 nitrogen and oxygen atoms in total. The summed E-state index contributed by atoms with van der Waals surface area (Å²) in [4.78, 5) is 0. The minimum Gasteiger partial charge on any atom is -0.316 e. The van der Waals surface area contributed by atoms with Crippen molar-refractivity contribution < 1.29 is 0 Å². The Kier molecular flexibility index (Phi) is 7.30. The largest absolute Gasteiger partial charge is 0.316 e. The summed E-state index contributed by atoms with van der Waals surface area (Å²) in [6.07, 6.45) is 8.98. The van der Waals surface area contributed by atoms with Crippen LogP contribution in [0.4, 0.5) is 0 Å². The molecule has 0 bridgehead atoms. The van der Waals surface area contributed by atoms with E-state index in [2.05, 4.69) is 10.6 Å². The fraction of sp³-hybridized carbons (Fsp3) is 1.00. The van der Waals surface area contributed by atoms with E-state index in [9.17, 15) is 0 Å². The van der Waals surface area contributed by atoms with Gasteiger partial charge in [0.15, 0.2) is 0 Å². The zero-order valence-electron chi connectivity index (χ0n) is 11.2. The third-order valence-electron chi connectivity index (χ3n) is 5.26. The average Bonchev–Trinajstić information content (AvgIpc) is 2.99. The van der Waals surface area contributed by atoms with Crippen LogP contribution < -0.4 is 10.6 Å². The van der Waals surface area contributed by atoms with Crippen molar-refractivity contribution in [2.24, 2.45) is 23.7 Å². The van der Waals surface area contributed by atoms with E-state index in [1.165, 1.54) is 64.7 Å². The first-order valence-corrected chi connectivity index (χ1v) is 7.35. The Morgan fingerprint density at radius 3 is 1.06 bits per heavy atom. The molecule has 2 saturated heterocycles. The molecule has 108 valence electrons. The van der Waals surface area contributed by atoms with Crippen LogP contribution in [0, 0.1) is 23.7 Å². The summed E-state index contributed by atoms with van der Waals surface area (Å²) in [7, 11) is 0. The third kappa shape index (κ3) is 3.75. The molecule has 2 N–H and O–H groups in total. The van der Waals surface area contributed by atoms with Gasteiger partial charge in [0.1, 0.15) is 0 Å². The molecule has 4 heteroatoms. The summed E-state index contributed by atoms with van der Waals surface area (Å²) in [6, 6.07) is 0. The van der Waals surface area contributed by atoms with Gasteiger partial charge in [0.2, 0.25) is 0 Å². The molecule has 0 spiro atoms. The lowest BCUT2D eigenvalue weighted by Gasteiger charge is -2.02. The Labute approximate surface area is 124 Å². The van der Waals surface area contributed by atoms with Gasteiger partial charge in [-0.2, -0.15) is 0 Å². The Hall–Kier alpha value is 0.500. The molecule has 0 unspecified atom stereocenters. The van der Waals surface area contributed by atoms with E-state index in [0.717, 1.165) is 23.7 Å². The first-order valence-electron chi connectivity index (χ1n) is 7.35. The van der Waals surface area contributed by atoms with Crippen molar-refractivity contribution in [1.82, 2.24) is 10.6 Å². The molecule has 2 saturated carbocycles. The Balaban J connectivity index is 0.000000162. The van der Waals surface area contributed by atoms with Crippen molar-refractivity contribution in [2.75, 3.05) is 26.2 Å². The maximum Gasteiger partial charge on any atom is -0.00173 e. The molecule has 2 heterocycles. The summed E-state index contributed by atoms with van der Waals surface area (Å²) in [5.74, 6) is 4.26. The van der Waals surface area contributed by atoms with Gasteiger partial charge >= 0.3 is 0 Å². The molecule has 4 atom stereocenters. The van der Waals surface area contributed by atoms with E-state index in [1.54, 1.807) is 0 Å². The number of rotatable bonds is 0. The van der Waals surface area contributed by atoms with Crippen molar-refractivity contribution in [2.45, 2.75) is 38.5 Å². The van der Waals surface area contributed by atoms with Crippen molar-refractivity contribution in [3.8, 4) is 0 Å². The number of hydrogen-bond donors (Lipinski definition) is 2. The van der Waals surface area contributed by atoms with E-state index in [-0.39, 0.29) is 24.8 Å². The maximum absolute atomic E-state index is 3.42. The van der Waals surface area contributed by atoms with Crippen molar-refractivity contribution in [1.29, 1.82) is 0 Å². The smallest absolute Gasteiger partial charge is 0.00173 e. The fourth-order valence-corrected chi connectivity index (χ4v) is 4.21. The van der Waals surface area contributed by atoms with Crippen LogP contribution in [0.1, 0.15) is 38.5 Å². The van der Waals surface area contributed by atoms with Gasteiger partial charge in [-0.05, 0) is 75.5 Å². The van der Waals surface area contributed by atoms with Crippen molar-refractivity contribution in [3.05, 3.63) is 0 Å². The van der Waals surface area contributed by atoms with Gasteiger partial charge < -0.3 is 10.6 Å². The molecule has 0 aromatic rings. The minimum atomic E-state index is 0. The monoisotopic (exact) mass is 294 g/mol. The fourth-order valence-electron chi connectivity index (χ4n) is 4.21. The van der Waals surface area contributed by atoms with E-state index >= 15 is 0 Å². The maximum atomic E-state index is 3.42. The van der Waals surface area contributed by atoms with Crippen LogP contribution in [0.2, 0.25) is 0 Å². The lowest BCUT2D eigenvalue weighted by Crippen LogP contribution is -2.08. The zero-order chi connectivity index (χ0) is 10.8. The van der Waals surface area contributed by atoms with E-state index in [1.807, 2.05) is 0 Å². The highest BCUT2D eigenvalue weighted by Gasteiger charge is 2.31. The number of halogens is 2. The topological polar surface area (TPSA) is 24.1 Å². The zero-order valence-corrected chi connectivity index (χ0v) is 12.8. The molecule has 0 aromatic carbocycles. The Morgan fingerprint density at radius 2 is 0.778 bits per heavy atom. The van der Waals surface area contributed by atoms with E-state index in [4.69, 9.17) is 0 Å². The highest BCUT2D eigenvalue weighted by molar-refractivity contribution is 5.85. The lowest BCUT2D eigenvalue weighted by atomic mass is 10.0. The highest BCUT2D eigenvalue weighted by atomic mass is 35.5.